The first-order chi connectivity index (χ1) is 7.13. The molecule has 0 amide bonds. The molecule has 0 fully saturated rings. The molecule has 1 aromatic carbocycles. The van der Waals surface area contributed by atoms with Crippen LogP contribution < -0.4 is 0 Å². The third-order valence-corrected chi connectivity index (χ3v) is 2.43. The van der Waals surface area contributed by atoms with Crippen molar-refractivity contribution in [3.05, 3.63) is 40.9 Å². The Morgan fingerprint density at radius 1 is 1.38 bits per heavy atom. The van der Waals surface area contributed by atoms with Crippen LogP contribution in [0.2, 0.25) is 5.02 Å². The molecule has 0 aromatic heterocycles. The molecule has 1 unspecified atom stereocenters. The first kappa shape index (κ1) is 16.8. The number of rotatable bonds is 4. The maximum Gasteiger partial charge on any atom is 0.191 e. The van der Waals surface area contributed by atoms with Gasteiger partial charge < -0.3 is 9.66 Å². The van der Waals surface area contributed by atoms with Gasteiger partial charge in [0.15, 0.2) is 18.6 Å². The number of hydrogen-bond acceptors (Lipinski definition) is 4. The minimum absolute atomic E-state index is 0. The Labute approximate surface area is 130 Å². The van der Waals surface area contributed by atoms with E-state index in [2.05, 4.69) is 4.18 Å². The summed E-state index contributed by atoms with van der Waals surface area (Å²) in [5.74, 6) is 0. The zero-order valence-corrected chi connectivity index (χ0v) is 12.8. The molecule has 16 heavy (non-hydrogen) atoms. The van der Waals surface area contributed by atoms with Gasteiger partial charge in [-0.1, -0.05) is 35.3 Å². The molecule has 1 rings (SSSR count). The predicted molar refractivity (Wildman–Crippen MR) is 68.3 cm³/mol. The summed E-state index contributed by atoms with van der Waals surface area (Å²) in [7, 11) is 0. The quantitative estimate of drug-likeness (QED) is 0.508. The van der Waals surface area contributed by atoms with Gasteiger partial charge in [0.2, 0.25) is 0 Å². The van der Waals surface area contributed by atoms with Crippen molar-refractivity contribution in [1.29, 1.82) is 0 Å². The number of aliphatic hydroxyl groups excluding tert-OH is 1. The minimum Gasteiger partial charge on any atom is -0.364 e. The van der Waals surface area contributed by atoms with E-state index < -0.39 is 6.29 Å². The second-order valence-corrected chi connectivity index (χ2v) is 3.77. The summed E-state index contributed by atoms with van der Waals surface area (Å²) in [6.07, 6.45) is -0.00300. The third kappa shape index (κ3) is 5.91. The van der Waals surface area contributed by atoms with E-state index in [0.717, 1.165) is 0 Å². The largest absolute Gasteiger partial charge is 0.364 e. The monoisotopic (exact) mass is 289 g/mol. The summed E-state index contributed by atoms with van der Waals surface area (Å²) in [5.41, 5.74) is 0.701. The van der Waals surface area contributed by atoms with Crippen LogP contribution in [-0.4, -0.2) is 45.5 Å². The number of aliphatic hydroxyl groups is 1. The standard InChI is InChI=1S/C9H8Cl2O3S.Na/c10-7-3-1-6(2-4-7)8(11)5-9(12)14-15-13;/h1-5,9,12-13H;/b8-5-;. The van der Waals surface area contributed by atoms with E-state index in [1.807, 2.05) is 0 Å². The van der Waals surface area contributed by atoms with Crippen molar-refractivity contribution in [1.82, 2.24) is 0 Å². The van der Waals surface area contributed by atoms with Crippen molar-refractivity contribution in [3.8, 4) is 0 Å². The van der Waals surface area contributed by atoms with Crippen LogP contribution in [0.1, 0.15) is 5.56 Å². The molecule has 2 N–H and O–H groups in total. The molecule has 1 radical (unpaired) electrons. The topological polar surface area (TPSA) is 49.7 Å². The molecule has 83 valence electrons. The molecule has 0 aliphatic carbocycles. The van der Waals surface area contributed by atoms with E-state index in [1.54, 1.807) is 24.3 Å². The first-order valence-electron chi connectivity index (χ1n) is 3.91. The van der Waals surface area contributed by atoms with Gasteiger partial charge in [0.1, 0.15) is 0 Å². The molecule has 0 aliphatic heterocycles. The molecule has 0 spiro atoms. The van der Waals surface area contributed by atoms with Crippen LogP contribution >= 0.6 is 35.5 Å². The second kappa shape index (κ2) is 8.80. The summed E-state index contributed by atoms with van der Waals surface area (Å²) >= 11 is 11.7. The van der Waals surface area contributed by atoms with Gasteiger partial charge in [0, 0.05) is 39.6 Å². The minimum atomic E-state index is -1.26. The molecule has 7 heteroatoms. The molecule has 1 atom stereocenters. The van der Waals surface area contributed by atoms with Gasteiger partial charge in [-0.3, -0.25) is 4.18 Å². The summed E-state index contributed by atoms with van der Waals surface area (Å²) in [6, 6.07) is 6.78. The first-order valence-corrected chi connectivity index (χ1v) is 5.37. The predicted octanol–water partition coefficient (Wildman–Crippen LogP) is 3.00. The van der Waals surface area contributed by atoms with Crippen LogP contribution in [0.5, 0.6) is 0 Å². The molecule has 1 aromatic rings. The summed E-state index contributed by atoms with van der Waals surface area (Å²) in [4.78, 5) is 0. The Morgan fingerprint density at radius 2 is 1.94 bits per heavy atom. The fourth-order valence-corrected chi connectivity index (χ4v) is 1.41. The Balaban J connectivity index is 0.00000225. The number of halogens is 2. The number of benzene rings is 1. The SMILES string of the molecule is OSOC(O)/C=C(\Cl)c1ccc(Cl)cc1.[Na]. The zero-order valence-electron chi connectivity index (χ0n) is 8.43. The Hall–Kier alpha value is 0.770. The van der Waals surface area contributed by atoms with Gasteiger partial charge in [0.25, 0.3) is 0 Å². The Bertz CT molecular complexity index is 345. The maximum atomic E-state index is 9.15. The van der Waals surface area contributed by atoms with Crippen LogP contribution in [0.15, 0.2) is 30.3 Å². The number of hydrogen-bond donors (Lipinski definition) is 2. The fourth-order valence-electron chi connectivity index (χ4n) is 0.902. The van der Waals surface area contributed by atoms with Crippen molar-refractivity contribution in [3.63, 3.8) is 0 Å². The molecule has 0 aliphatic rings. The van der Waals surface area contributed by atoms with Gasteiger partial charge in [-0.15, -0.1) is 0 Å². The van der Waals surface area contributed by atoms with Crippen molar-refractivity contribution >= 4 is 70.1 Å². The molecule has 0 saturated carbocycles. The van der Waals surface area contributed by atoms with Gasteiger partial charge in [-0.2, -0.15) is 0 Å². The molecular weight excluding hydrogens is 282 g/mol. The molecule has 3 nitrogen and oxygen atoms in total. The van der Waals surface area contributed by atoms with E-state index in [4.69, 9.17) is 32.9 Å². The van der Waals surface area contributed by atoms with Gasteiger partial charge in [-0.05, 0) is 23.8 Å². The van der Waals surface area contributed by atoms with Crippen LogP contribution in [0, 0.1) is 0 Å². The van der Waals surface area contributed by atoms with Crippen molar-refractivity contribution < 1.29 is 13.8 Å². The smallest absolute Gasteiger partial charge is 0.191 e. The van der Waals surface area contributed by atoms with Gasteiger partial charge in [0.05, 0.1) is 0 Å². The van der Waals surface area contributed by atoms with Crippen LogP contribution in [-0.2, 0) is 4.18 Å². The van der Waals surface area contributed by atoms with Crippen LogP contribution in [0.25, 0.3) is 5.03 Å². The Morgan fingerprint density at radius 3 is 2.44 bits per heavy atom. The summed E-state index contributed by atoms with van der Waals surface area (Å²) in [5, 5.41) is 10.1. The van der Waals surface area contributed by atoms with Gasteiger partial charge in [-0.25, -0.2) is 0 Å². The van der Waals surface area contributed by atoms with E-state index in [0.29, 0.717) is 15.6 Å². The molecule has 0 heterocycles. The molecular formula is C9H8Cl2NaO3S. The van der Waals surface area contributed by atoms with E-state index in [1.165, 1.54) is 6.08 Å². The summed E-state index contributed by atoms with van der Waals surface area (Å²) < 4.78 is 12.7. The Kier molecular flexibility index (Phi) is 9.23. The molecule has 0 bridgehead atoms. The van der Waals surface area contributed by atoms with Crippen LogP contribution in [0.3, 0.4) is 0 Å². The van der Waals surface area contributed by atoms with Crippen molar-refractivity contribution in [2.75, 3.05) is 0 Å². The second-order valence-electron chi connectivity index (χ2n) is 2.58. The average molecular weight is 290 g/mol. The third-order valence-electron chi connectivity index (χ3n) is 1.55. The average Bonchev–Trinajstić information content (AvgIpc) is 2.18. The van der Waals surface area contributed by atoms with Gasteiger partial charge >= 0.3 is 0 Å². The fraction of sp³-hybridized carbons (Fsp3) is 0.111. The zero-order chi connectivity index (χ0) is 11.3. The maximum absolute atomic E-state index is 9.15. The van der Waals surface area contributed by atoms with E-state index in [-0.39, 0.29) is 41.9 Å². The molecule has 0 saturated heterocycles. The van der Waals surface area contributed by atoms with Crippen LogP contribution in [0.4, 0.5) is 0 Å². The van der Waals surface area contributed by atoms with E-state index in [9.17, 15) is 0 Å². The van der Waals surface area contributed by atoms with Crippen molar-refractivity contribution in [2.24, 2.45) is 0 Å². The summed E-state index contributed by atoms with van der Waals surface area (Å²) in [6.45, 7) is 0. The van der Waals surface area contributed by atoms with E-state index >= 15 is 0 Å². The normalized spacial score (nSPS) is 13.1. The van der Waals surface area contributed by atoms with Crippen molar-refractivity contribution in [2.45, 2.75) is 6.29 Å².